The molecule has 0 aliphatic carbocycles. The molecule has 1 aliphatic heterocycles. The zero-order valence-corrected chi connectivity index (χ0v) is 18.6. The largest absolute Gasteiger partial charge is 0.507 e. The van der Waals surface area contributed by atoms with Crippen molar-refractivity contribution < 1.29 is 19.1 Å². The molecule has 0 bridgehead atoms. The van der Waals surface area contributed by atoms with Crippen molar-refractivity contribution in [1.82, 2.24) is 4.90 Å². The molecule has 2 heterocycles. The Morgan fingerprint density at radius 2 is 1.81 bits per heavy atom. The molecule has 158 valence electrons. The number of hydrogen-bond donors (Lipinski definition) is 1. The molecule has 1 amide bonds. The van der Waals surface area contributed by atoms with Gasteiger partial charge in [0.2, 0.25) is 0 Å². The van der Waals surface area contributed by atoms with Gasteiger partial charge in [0.25, 0.3) is 11.7 Å². The molecule has 4 rings (SSSR count). The Kier molecular flexibility index (Phi) is 5.88. The summed E-state index contributed by atoms with van der Waals surface area (Å²) in [5.74, 6) is -2.24. The summed E-state index contributed by atoms with van der Waals surface area (Å²) in [6.45, 7) is 1.97. The Labute approximate surface area is 192 Å². The molecule has 1 N–H and O–H groups in total. The quantitative estimate of drug-likeness (QED) is 0.280. The summed E-state index contributed by atoms with van der Waals surface area (Å²) in [6.07, 6.45) is 0. The fourth-order valence-corrected chi connectivity index (χ4v) is 4.91. The van der Waals surface area contributed by atoms with Gasteiger partial charge in [-0.2, -0.15) is 0 Å². The third-order valence-corrected chi connectivity index (χ3v) is 6.96. The molecule has 0 saturated carbocycles. The third kappa shape index (κ3) is 3.99. The number of likely N-dealkylation sites (tertiary alicyclic amines) is 1. The number of nitrogens with zero attached hydrogens (tertiary/aromatic N) is 1. The van der Waals surface area contributed by atoms with E-state index in [9.17, 15) is 19.1 Å². The second-order valence-electron chi connectivity index (χ2n) is 7.15. The van der Waals surface area contributed by atoms with Crippen molar-refractivity contribution in [3.8, 4) is 0 Å². The lowest BCUT2D eigenvalue weighted by atomic mass is 9.98. The molecule has 4 nitrogen and oxygen atoms in total. The smallest absolute Gasteiger partial charge is 0.295 e. The second-order valence-corrected chi connectivity index (χ2v) is 8.91. The van der Waals surface area contributed by atoms with Gasteiger partial charge in [-0.05, 0) is 59.8 Å². The third-order valence-electron chi connectivity index (χ3n) is 5.15. The Bertz CT molecular complexity index is 1220. The van der Waals surface area contributed by atoms with Gasteiger partial charge < -0.3 is 10.0 Å². The van der Waals surface area contributed by atoms with Crippen molar-refractivity contribution >= 4 is 52.0 Å². The summed E-state index contributed by atoms with van der Waals surface area (Å²) in [7, 11) is 0. The predicted octanol–water partition coefficient (Wildman–Crippen LogP) is 6.12. The minimum absolute atomic E-state index is 0.0175. The molecule has 1 aromatic heterocycles. The standard InChI is InChI=1S/C23H16Cl2FNO3S/c1-12-8-9-31-22(12)19-18(20(28)14-4-7-16(24)17(25)10-14)21(29)23(30)27(19)11-13-2-5-15(26)6-3-13/h2-10,19,28H,11H2,1H3/b20-18-. The number of aryl methyl sites for hydroxylation is 1. The molecule has 1 atom stereocenters. The molecule has 1 aliphatic rings. The van der Waals surface area contributed by atoms with Crippen LogP contribution in [0.25, 0.3) is 5.76 Å². The first-order chi connectivity index (χ1) is 14.8. The molecule has 2 aromatic carbocycles. The van der Waals surface area contributed by atoms with Crippen molar-refractivity contribution in [3.05, 3.63) is 96.9 Å². The van der Waals surface area contributed by atoms with Crippen LogP contribution in [-0.4, -0.2) is 21.7 Å². The van der Waals surface area contributed by atoms with Gasteiger partial charge in [0.15, 0.2) is 0 Å². The molecule has 1 unspecified atom stereocenters. The molecule has 0 spiro atoms. The minimum Gasteiger partial charge on any atom is -0.507 e. The van der Waals surface area contributed by atoms with Gasteiger partial charge in [-0.1, -0.05) is 35.3 Å². The van der Waals surface area contributed by atoms with Crippen molar-refractivity contribution in [1.29, 1.82) is 0 Å². The van der Waals surface area contributed by atoms with E-state index >= 15 is 0 Å². The van der Waals surface area contributed by atoms with Crippen LogP contribution in [0.15, 0.2) is 59.5 Å². The summed E-state index contributed by atoms with van der Waals surface area (Å²) in [6, 6.07) is 11.3. The molecule has 0 radical (unpaired) electrons. The van der Waals surface area contributed by atoms with E-state index in [1.54, 1.807) is 12.1 Å². The van der Waals surface area contributed by atoms with E-state index in [2.05, 4.69) is 0 Å². The molecule has 1 fully saturated rings. The van der Waals surface area contributed by atoms with Gasteiger partial charge in [-0.15, -0.1) is 11.3 Å². The Hall–Kier alpha value is -2.67. The molecular formula is C23H16Cl2FNO3S. The van der Waals surface area contributed by atoms with E-state index in [1.807, 2.05) is 18.4 Å². The fraction of sp³-hybridized carbons (Fsp3) is 0.130. The summed E-state index contributed by atoms with van der Waals surface area (Å²) >= 11 is 13.4. The summed E-state index contributed by atoms with van der Waals surface area (Å²) < 4.78 is 13.3. The molecule has 1 saturated heterocycles. The number of carbonyl (C=O) groups excluding carboxylic acids is 2. The van der Waals surface area contributed by atoms with Crippen LogP contribution in [0.1, 0.15) is 27.6 Å². The Balaban J connectivity index is 1.86. The van der Waals surface area contributed by atoms with E-state index in [4.69, 9.17) is 23.2 Å². The lowest BCUT2D eigenvalue weighted by Gasteiger charge is -2.25. The molecular weight excluding hydrogens is 460 g/mol. The van der Waals surface area contributed by atoms with Crippen molar-refractivity contribution in [2.45, 2.75) is 19.5 Å². The van der Waals surface area contributed by atoms with Crippen LogP contribution in [0, 0.1) is 12.7 Å². The fourth-order valence-electron chi connectivity index (χ4n) is 3.57. The Morgan fingerprint density at radius 3 is 2.42 bits per heavy atom. The zero-order valence-electron chi connectivity index (χ0n) is 16.2. The van der Waals surface area contributed by atoms with Crippen molar-refractivity contribution in [2.75, 3.05) is 0 Å². The highest BCUT2D eigenvalue weighted by Gasteiger charge is 2.47. The predicted molar refractivity (Wildman–Crippen MR) is 120 cm³/mol. The highest BCUT2D eigenvalue weighted by Crippen LogP contribution is 2.43. The van der Waals surface area contributed by atoms with Gasteiger partial charge >= 0.3 is 0 Å². The number of amides is 1. The average molecular weight is 476 g/mol. The van der Waals surface area contributed by atoms with Gasteiger partial charge in [-0.25, -0.2) is 4.39 Å². The number of thiophene rings is 1. The lowest BCUT2D eigenvalue weighted by Crippen LogP contribution is -2.29. The van der Waals surface area contributed by atoms with E-state index in [1.165, 1.54) is 46.6 Å². The van der Waals surface area contributed by atoms with Crippen LogP contribution in [0.2, 0.25) is 10.0 Å². The van der Waals surface area contributed by atoms with Gasteiger partial charge in [0.1, 0.15) is 17.6 Å². The summed E-state index contributed by atoms with van der Waals surface area (Å²) in [5, 5.41) is 13.4. The number of halogens is 3. The number of Topliss-reactive ketones (excluding diaryl/α,β-unsaturated/α-hetero) is 1. The minimum atomic E-state index is -0.788. The van der Waals surface area contributed by atoms with E-state index < -0.39 is 23.5 Å². The van der Waals surface area contributed by atoms with Crippen LogP contribution >= 0.6 is 34.5 Å². The van der Waals surface area contributed by atoms with Gasteiger partial charge in [-0.3, -0.25) is 9.59 Å². The lowest BCUT2D eigenvalue weighted by molar-refractivity contribution is -0.140. The van der Waals surface area contributed by atoms with E-state index in [-0.39, 0.29) is 28.5 Å². The molecule has 8 heteroatoms. The number of carbonyl (C=O) groups is 2. The van der Waals surface area contributed by atoms with E-state index in [0.717, 1.165) is 10.4 Å². The van der Waals surface area contributed by atoms with Gasteiger partial charge in [0.05, 0.1) is 15.6 Å². The van der Waals surface area contributed by atoms with Gasteiger partial charge in [0, 0.05) is 17.0 Å². The number of benzene rings is 2. The zero-order chi connectivity index (χ0) is 22.3. The van der Waals surface area contributed by atoms with Crippen LogP contribution in [0.3, 0.4) is 0 Å². The number of aliphatic hydroxyl groups is 1. The van der Waals surface area contributed by atoms with E-state index in [0.29, 0.717) is 10.6 Å². The van der Waals surface area contributed by atoms with Crippen LogP contribution in [-0.2, 0) is 16.1 Å². The first kappa shape index (κ1) is 21.6. The van der Waals surface area contributed by atoms with Crippen LogP contribution in [0.4, 0.5) is 4.39 Å². The SMILES string of the molecule is Cc1ccsc1C1/C(=C(/O)c2ccc(Cl)c(Cl)c2)C(=O)C(=O)N1Cc1ccc(F)cc1. The maximum absolute atomic E-state index is 13.3. The topological polar surface area (TPSA) is 57.6 Å². The maximum Gasteiger partial charge on any atom is 0.295 e. The van der Waals surface area contributed by atoms with Crippen molar-refractivity contribution in [2.24, 2.45) is 0 Å². The average Bonchev–Trinajstić information content (AvgIpc) is 3.27. The highest BCUT2D eigenvalue weighted by molar-refractivity contribution is 7.10. The normalized spacial score (nSPS) is 18.1. The molecule has 31 heavy (non-hydrogen) atoms. The number of rotatable bonds is 4. The summed E-state index contributed by atoms with van der Waals surface area (Å²) in [5.41, 5.74) is 1.82. The molecule has 3 aromatic rings. The second kappa shape index (κ2) is 8.46. The summed E-state index contributed by atoms with van der Waals surface area (Å²) in [4.78, 5) is 28.2. The Morgan fingerprint density at radius 1 is 1.10 bits per heavy atom. The first-order valence-corrected chi connectivity index (χ1v) is 10.9. The van der Waals surface area contributed by atoms with Crippen LogP contribution in [0.5, 0.6) is 0 Å². The first-order valence-electron chi connectivity index (χ1n) is 9.30. The maximum atomic E-state index is 13.3. The number of aliphatic hydroxyl groups excluding tert-OH is 1. The van der Waals surface area contributed by atoms with Crippen molar-refractivity contribution in [3.63, 3.8) is 0 Å². The van der Waals surface area contributed by atoms with Crippen LogP contribution < -0.4 is 0 Å². The monoisotopic (exact) mass is 475 g/mol. The highest BCUT2D eigenvalue weighted by atomic mass is 35.5. The number of ketones is 1. The number of hydrogen-bond acceptors (Lipinski definition) is 4.